The molecule has 2 rings (SSSR count). The Morgan fingerprint density at radius 2 is 2.18 bits per heavy atom. The number of amides is 1. The third-order valence-electron chi connectivity index (χ3n) is 3.32. The average Bonchev–Trinajstić information content (AvgIpc) is 2.85. The van der Waals surface area contributed by atoms with E-state index in [1.807, 2.05) is 31.2 Å². The molecule has 1 aromatic heterocycles. The fourth-order valence-corrected chi connectivity index (χ4v) is 2.53. The summed E-state index contributed by atoms with van der Waals surface area (Å²) in [6, 6.07) is 7.53. The fourth-order valence-electron chi connectivity index (χ4n) is 1.74. The molecule has 1 aromatic carbocycles. The fraction of sp³-hybridized carbons (Fsp3) is 0.375. The quantitative estimate of drug-likeness (QED) is 0.841. The summed E-state index contributed by atoms with van der Waals surface area (Å²) < 4.78 is 5.31. The van der Waals surface area contributed by atoms with Crippen LogP contribution in [0.4, 0.5) is 15.5 Å². The number of hydrogen-bond acceptors (Lipinski definition) is 5. The molecule has 2 aromatic rings. The van der Waals surface area contributed by atoms with E-state index in [0.717, 1.165) is 17.0 Å². The van der Waals surface area contributed by atoms with Crippen LogP contribution in [0.3, 0.4) is 0 Å². The van der Waals surface area contributed by atoms with E-state index < -0.39 is 6.09 Å². The van der Waals surface area contributed by atoms with Gasteiger partial charge in [-0.1, -0.05) is 19.1 Å². The average molecular weight is 319 g/mol. The highest BCUT2D eigenvalue weighted by molar-refractivity contribution is 7.14. The van der Waals surface area contributed by atoms with Crippen molar-refractivity contribution >= 4 is 28.1 Å². The number of ether oxygens (including phenoxy) is 1. The van der Waals surface area contributed by atoms with E-state index in [2.05, 4.69) is 36.4 Å². The second-order valence-corrected chi connectivity index (χ2v) is 6.59. The van der Waals surface area contributed by atoms with Crippen LogP contribution in [0.1, 0.15) is 32.8 Å². The Bertz CT molecular complexity index is 652. The largest absolute Gasteiger partial charge is 0.418 e. The van der Waals surface area contributed by atoms with Crippen molar-refractivity contribution in [1.82, 2.24) is 4.98 Å². The maximum atomic E-state index is 12.0. The van der Waals surface area contributed by atoms with Crippen LogP contribution in [0.2, 0.25) is 0 Å². The highest BCUT2D eigenvalue weighted by atomic mass is 32.1. The van der Waals surface area contributed by atoms with Crippen molar-refractivity contribution in [3.05, 3.63) is 35.3 Å². The van der Waals surface area contributed by atoms with Gasteiger partial charge in [-0.3, -0.25) is 5.32 Å². The number of nitrogens with one attached hydrogen (secondary N) is 2. The summed E-state index contributed by atoms with van der Waals surface area (Å²) in [6.07, 6.45) is 0.397. The van der Waals surface area contributed by atoms with E-state index in [1.54, 1.807) is 5.51 Å². The Labute approximate surface area is 134 Å². The molecule has 6 heteroatoms. The minimum Gasteiger partial charge on any atom is -0.388 e. The summed E-state index contributed by atoms with van der Waals surface area (Å²) in [4.78, 5) is 16.1. The summed E-state index contributed by atoms with van der Waals surface area (Å²) in [5.41, 5.74) is 3.34. The van der Waals surface area contributed by atoms with Crippen LogP contribution in [-0.2, 0) is 0 Å². The minimum absolute atomic E-state index is 0.0857. The number of thiazole rings is 1. The molecule has 1 heterocycles. The van der Waals surface area contributed by atoms with Crippen molar-refractivity contribution in [3.63, 3.8) is 0 Å². The third kappa shape index (κ3) is 4.46. The van der Waals surface area contributed by atoms with E-state index in [9.17, 15) is 4.79 Å². The molecule has 0 saturated carbocycles. The topological polar surface area (TPSA) is 63.3 Å². The van der Waals surface area contributed by atoms with Crippen molar-refractivity contribution in [2.24, 2.45) is 0 Å². The molecule has 0 fully saturated rings. The van der Waals surface area contributed by atoms with Gasteiger partial charge in [-0.15, -0.1) is 11.3 Å². The third-order valence-corrected chi connectivity index (χ3v) is 4.05. The lowest BCUT2D eigenvalue weighted by molar-refractivity contribution is 0.214. The van der Waals surface area contributed by atoms with Crippen molar-refractivity contribution in [1.29, 1.82) is 0 Å². The monoisotopic (exact) mass is 319 g/mol. The number of nitrogens with zero attached hydrogens (tertiary/aromatic N) is 1. The van der Waals surface area contributed by atoms with Gasteiger partial charge in [0.05, 0.1) is 5.51 Å². The molecule has 0 aliphatic carbocycles. The number of aromatic nitrogens is 1. The van der Waals surface area contributed by atoms with Crippen LogP contribution in [0.25, 0.3) is 0 Å². The van der Waals surface area contributed by atoms with Gasteiger partial charge in [-0.2, -0.15) is 0 Å². The molecule has 118 valence electrons. The van der Waals surface area contributed by atoms with Crippen molar-refractivity contribution < 1.29 is 9.53 Å². The van der Waals surface area contributed by atoms with Gasteiger partial charge in [0.15, 0.2) is 5.00 Å². The predicted octanol–water partition coefficient (Wildman–Crippen LogP) is 4.66. The van der Waals surface area contributed by atoms with Crippen molar-refractivity contribution in [3.8, 4) is 5.88 Å². The van der Waals surface area contributed by atoms with Crippen LogP contribution in [0, 0.1) is 6.92 Å². The number of carbonyl (C=O) groups excluding carboxylic acids is 1. The summed E-state index contributed by atoms with van der Waals surface area (Å²) in [5, 5.41) is 6.80. The number of rotatable bonds is 5. The molecule has 0 atom stereocenters. The number of anilines is 2. The zero-order chi connectivity index (χ0) is 16.2. The molecule has 5 nitrogen and oxygen atoms in total. The van der Waals surface area contributed by atoms with Crippen LogP contribution in [0.5, 0.6) is 5.88 Å². The van der Waals surface area contributed by atoms with E-state index in [4.69, 9.17) is 4.74 Å². The van der Waals surface area contributed by atoms with E-state index in [1.165, 1.54) is 11.3 Å². The number of benzene rings is 1. The lowest BCUT2D eigenvalue weighted by atomic mass is 10.0. The molecule has 0 aliphatic heterocycles. The molecule has 0 spiro atoms. The van der Waals surface area contributed by atoms with Gasteiger partial charge in [0, 0.05) is 11.2 Å². The van der Waals surface area contributed by atoms with Gasteiger partial charge in [0.1, 0.15) is 0 Å². The van der Waals surface area contributed by atoms with Crippen LogP contribution < -0.4 is 15.4 Å². The first-order valence-electron chi connectivity index (χ1n) is 7.17. The second-order valence-electron chi connectivity index (χ2n) is 5.73. The highest BCUT2D eigenvalue weighted by Gasteiger charge is 2.20. The number of aryl methyl sites for hydroxylation is 1. The smallest absolute Gasteiger partial charge is 0.388 e. The SMILES string of the molecule is CCC(C)(C)Nc1scnc1OC(=O)Nc1cccc(C)c1. The molecule has 0 aliphatic rings. The van der Waals surface area contributed by atoms with Crippen LogP contribution in [0.15, 0.2) is 29.8 Å². The standard InChI is InChI=1S/C16H21N3O2S/c1-5-16(3,4)19-14-13(17-10-22-14)21-15(20)18-12-8-6-7-11(2)9-12/h6-10,19H,5H2,1-4H3,(H,18,20). The lowest BCUT2D eigenvalue weighted by Crippen LogP contribution is -2.29. The van der Waals surface area contributed by atoms with E-state index in [0.29, 0.717) is 11.6 Å². The van der Waals surface area contributed by atoms with Crippen molar-refractivity contribution in [2.75, 3.05) is 10.6 Å². The Balaban J connectivity index is 2.02. The molecule has 2 N–H and O–H groups in total. The predicted molar refractivity (Wildman–Crippen MR) is 90.9 cm³/mol. The Morgan fingerprint density at radius 3 is 2.86 bits per heavy atom. The second kappa shape index (κ2) is 6.79. The molecule has 0 bridgehead atoms. The van der Waals surface area contributed by atoms with Gasteiger partial charge in [-0.05, 0) is 44.9 Å². The van der Waals surface area contributed by atoms with Gasteiger partial charge in [0.2, 0.25) is 0 Å². The normalized spacial score (nSPS) is 11.1. The van der Waals surface area contributed by atoms with Crippen LogP contribution >= 0.6 is 11.3 Å². The molecule has 22 heavy (non-hydrogen) atoms. The van der Waals surface area contributed by atoms with Gasteiger partial charge in [-0.25, -0.2) is 9.78 Å². The molecule has 0 radical (unpaired) electrons. The summed E-state index contributed by atoms with van der Waals surface area (Å²) in [7, 11) is 0. The lowest BCUT2D eigenvalue weighted by Gasteiger charge is -2.24. The van der Waals surface area contributed by atoms with E-state index in [-0.39, 0.29) is 5.54 Å². The minimum atomic E-state index is -0.547. The van der Waals surface area contributed by atoms with Gasteiger partial charge in [0.25, 0.3) is 5.88 Å². The Morgan fingerprint density at radius 1 is 1.41 bits per heavy atom. The summed E-state index contributed by atoms with van der Waals surface area (Å²) in [5.74, 6) is 0.302. The van der Waals surface area contributed by atoms with Gasteiger partial charge < -0.3 is 10.1 Å². The van der Waals surface area contributed by atoms with Gasteiger partial charge >= 0.3 is 6.09 Å². The Hall–Kier alpha value is -2.08. The summed E-state index contributed by atoms with van der Waals surface area (Å²) in [6.45, 7) is 8.23. The van der Waals surface area contributed by atoms with Crippen molar-refractivity contribution in [2.45, 2.75) is 39.7 Å². The zero-order valence-corrected chi connectivity index (χ0v) is 14.1. The highest BCUT2D eigenvalue weighted by Crippen LogP contribution is 2.31. The first kappa shape index (κ1) is 16.3. The molecular weight excluding hydrogens is 298 g/mol. The number of hydrogen-bond donors (Lipinski definition) is 2. The molecule has 0 saturated heterocycles. The molecule has 0 unspecified atom stereocenters. The summed E-state index contributed by atoms with van der Waals surface area (Å²) >= 11 is 1.42. The Kier molecular flexibility index (Phi) is 5.03. The van der Waals surface area contributed by atoms with Crippen LogP contribution in [-0.4, -0.2) is 16.6 Å². The maximum absolute atomic E-state index is 12.0. The first-order chi connectivity index (χ1) is 10.4. The molecule has 1 amide bonds. The first-order valence-corrected chi connectivity index (χ1v) is 8.05. The molecular formula is C16H21N3O2S. The van der Waals surface area contributed by atoms with E-state index >= 15 is 0 Å². The maximum Gasteiger partial charge on any atom is 0.418 e. The number of carbonyl (C=O) groups is 1. The zero-order valence-electron chi connectivity index (χ0n) is 13.3.